The lowest BCUT2D eigenvalue weighted by atomic mass is 10.00. The first-order valence-electron chi connectivity index (χ1n) is 11.9. The first kappa shape index (κ1) is 28.8. The maximum Gasteiger partial charge on any atom is 0.407 e. The SMILES string of the molecule is CN(CC(=O)[C@H](Cc1ccccc1)NC(=O)O)C[C@@H](O)[C@H](Cc1ccccc1)NC(=O)OC(C)(C)C. The number of carbonyl (C=O) groups is 3. The number of likely N-dealkylation sites (N-methyl/N-ethyl adjacent to an activating group) is 1. The van der Waals surface area contributed by atoms with E-state index >= 15 is 0 Å². The molecule has 2 amide bonds. The Morgan fingerprint density at radius 3 is 1.94 bits per heavy atom. The average Bonchev–Trinajstić information content (AvgIpc) is 2.78. The van der Waals surface area contributed by atoms with Crippen LogP contribution in [0.25, 0.3) is 0 Å². The highest BCUT2D eigenvalue weighted by molar-refractivity contribution is 5.89. The molecule has 2 aromatic carbocycles. The Labute approximate surface area is 212 Å². The quantitative estimate of drug-likeness (QED) is 0.354. The van der Waals surface area contributed by atoms with E-state index in [0.717, 1.165) is 11.1 Å². The molecule has 0 aliphatic heterocycles. The Bertz CT molecular complexity index is 978. The summed E-state index contributed by atoms with van der Waals surface area (Å²) in [6.45, 7) is 5.26. The molecule has 0 saturated heterocycles. The van der Waals surface area contributed by atoms with E-state index in [9.17, 15) is 24.6 Å². The number of rotatable bonds is 12. The van der Waals surface area contributed by atoms with Gasteiger partial charge in [-0.25, -0.2) is 9.59 Å². The third-order valence-electron chi connectivity index (χ3n) is 5.36. The molecule has 36 heavy (non-hydrogen) atoms. The van der Waals surface area contributed by atoms with E-state index in [1.807, 2.05) is 60.7 Å². The molecular weight excluding hydrogens is 462 g/mol. The number of ether oxygens (including phenoxy) is 1. The van der Waals surface area contributed by atoms with Crippen LogP contribution in [0.3, 0.4) is 0 Å². The molecule has 0 bridgehead atoms. The summed E-state index contributed by atoms with van der Waals surface area (Å²) in [5.41, 5.74) is 1.06. The van der Waals surface area contributed by atoms with Gasteiger partial charge in [-0.05, 0) is 51.8 Å². The van der Waals surface area contributed by atoms with Gasteiger partial charge in [-0.1, -0.05) is 60.7 Å². The van der Waals surface area contributed by atoms with E-state index in [4.69, 9.17) is 4.74 Å². The molecule has 0 saturated carbocycles. The van der Waals surface area contributed by atoms with Gasteiger partial charge in [0, 0.05) is 6.54 Å². The molecule has 0 radical (unpaired) electrons. The fourth-order valence-electron chi connectivity index (χ4n) is 3.74. The zero-order valence-corrected chi connectivity index (χ0v) is 21.3. The normalized spacial score (nSPS) is 13.9. The lowest BCUT2D eigenvalue weighted by molar-refractivity contribution is -0.122. The summed E-state index contributed by atoms with van der Waals surface area (Å²) in [6.07, 6.45) is -2.36. The third kappa shape index (κ3) is 10.9. The average molecular weight is 500 g/mol. The van der Waals surface area contributed by atoms with Crippen LogP contribution in [0.5, 0.6) is 0 Å². The molecular formula is C27H37N3O6. The number of carbonyl (C=O) groups excluding carboxylic acids is 2. The van der Waals surface area contributed by atoms with Crippen LogP contribution < -0.4 is 10.6 Å². The van der Waals surface area contributed by atoms with Gasteiger partial charge in [0.25, 0.3) is 0 Å². The van der Waals surface area contributed by atoms with Crippen molar-refractivity contribution in [1.82, 2.24) is 15.5 Å². The highest BCUT2D eigenvalue weighted by atomic mass is 16.6. The van der Waals surface area contributed by atoms with Gasteiger partial charge < -0.3 is 25.6 Å². The number of aliphatic hydroxyl groups is 1. The molecule has 2 aromatic rings. The zero-order valence-electron chi connectivity index (χ0n) is 21.3. The minimum Gasteiger partial charge on any atom is -0.465 e. The van der Waals surface area contributed by atoms with Gasteiger partial charge in [0.05, 0.1) is 24.7 Å². The molecule has 4 N–H and O–H groups in total. The molecule has 9 heteroatoms. The number of aliphatic hydroxyl groups excluding tert-OH is 1. The van der Waals surface area contributed by atoms with E-state index in [1.54, 1.807) is 32.7 Å². The van der Waals surface area contributed by atoms with Crippen molar-refractivity contribution in [3.8, 4) is 0 Å². The molecule has 2 rings (SSSR count). The summed E-state index contributed by atoms with van der Waals surface area (Å²) in [6, 6.07) is 17.0. The number of carboxylic acid groups (broad SMARTS) is 1. The number of benzene rings is 2. The number of hydrogen-bond acceptors (Lipinski definition) is 6. The van der Waals surface area contributed by atoms with E-state index in [0.29, 0.717) is 6.42 Å². The van der Waals surface area contributed by atoms with Crippen molar-refractivity contribution in [3.63, 3.8) is 0 Å². The number of ketones is 1. The first-order valence-corrected chi connectivity index (χ1v) is 11.9. The molecule has 0 aromatic heterocycles. The number of amides is 2. The van der Waals surface area contributed by atoms with E-state index in [1.165, 1.54) is 0 Å². The van der Waals surface area contributed by atoms with Gasteiger partial charge in [-0.3, -0.25) is 9.69 Å². The zero-order chi connectivity index (χ0) is 26.7. The summed E-state index contributed by atoms with van der Waals surface area (Å²) in [5, 5.41) is 25.2. The molecule has 0 spiro atoms. The van der Waals surface area contributed by atoms with Crippen LogP contribution in [0.1, 0.15) is 31.9 Å². The van der Waals surface area contributed by atoms with Crippen molar-refractivity contribution in [2.24, 2.45) is 0 Å². The van der Waals surface area contributed by atoms with Crippen LogP contribution in [0.2, 0.25) is 0 Å². The van der Waals surface area contributed by atoms with E-state index in [-0.39, 0.29) is 25.3 Å². The number of hydrogen-bond donors (Lipinski definition) is 4. The molecule has 0 aliphatic carbocycles. The predicted molar refractivity (Wildman–Crippen MR) is 137 cm³/mol. The van der Waals surface area contributed by atoms with Crippen LogP contribution in [-0.2, 0) is 22.4 Å². The lowest BCUT2D eigenvalue weighted by Crippen LogP contribution is -2.51. The minimum atomic E-state index is -1.28. The topological polar surface area (TPSA) is 128 Å². The van der Waals surface area contributed by atoms with Crippen LogP contribution in [-0.4, -0.2) is 77.0 Å². The predicted octanol–water partition coefficient (Wildman–Crippen LogP) is 2.86. The van der Waals surface area contributed by atoms with E-state index in [2.05, 4.69) is 10.6 Å². The molecule has 9 nitrogen and oxygen atoms in total. The Hall–Kier alpha value is -3.43. The van der Waals surface area contributed by atoms with Crippen molar-refractivity contribution >= 4 is 18.0 Å². The number of nitrogens with one attached hydrogen (secondary N) is 2. The van der Waals surface area contributed by atoms with Crippen molar-refractivity contribution < 1.29 is 29.3 Å². The van der Waals surface area contributed by atoms with Gasteiger partial charge in [0.15, 0.2) is 5.78 Å². The first-order chi connectivity index (χ1) is 16.9. The summed E-state index contributed by atoms with van der Waals surface area (Å²) in [4.78, 5) is 38.2. The standard InChI is InChI=1S/C27H37N3O6/c1-27(2,3)36-26(35)29-22(16-20-13-9-6-10-14-20)24(32)18-30(4)17-23(31)21(28-25(33)34)15-19-11-7-5-8-12-19/h5-14,21-22,24,28,32H,15-18H2,1-4H3,(H,29,35)(H,33,34)/t21-,22-,24+/m0/s1. The Balaban J connectivity index is 2.05. The maximum atomic E-state index is 12.9. The molecule has 0 unspecified atom stereocenters. The van der Waals surface area contributed by atoms with Gasteiger partial charge in [0.1, 0.15) is 5.60 Å². The molecule has 0 heterocycles. The van der Waals surface area contributed by atoms with Crippen molar-refractivity contribution in [2.45, 2.75) is 57.4 Å². The monoisotopic (exact) mass is 499 g/mol. The van der Waals surface area contributed by atoms with E-state index < -0.39 is 36.0 Å². The third-order valence-corrected chi connectivity index (χ3v) is 5.36. The van der Waals surface area contributed by atoms with Crippen LogP contribution in [0.15, 0.2) is 60.7 Å². The summed E-state index contributed by atoms with van der Waals surface area (Å²) >= 11 is 0. The fourth-order valence-corrected chi connectivity index (χ4v) is 3.74. The van der Waals surface area contributed by atoms with Crippen molar-refractivity contribution in [3.05, 3.63) is 71.8 Å². The molecule has 0 aliphatic rings. The summed E-state index contributed by atoms with van der Waals surface area (Å²) in [5.74, 6) is -0.323. The summed E-state index contributed by atoms with van der Waals surface area (Å²) < 4.78 is 5.36. The van der Waals surface area contributed by atoms with Gasteiger partial charge in [-0.15, -0.1) is 0 Å². The highest BCUT2D eigenvalue weighted by Crippen LogP contribution is 2.12. The largest absolute Gasteiger partial charge is 0.465 e. The lowest BCUT2D eigenvalue weighted by Gasteiger charge is -2.29. The smallest absolute Gasteiger partial charge is 0.407 e. The minimum absolute atomic E-state index is 0.0736. The van der Waals surface area contributed by atoms with Crippen LogP contribution >= 0.6 is 0 Å². The molecule has 0 fully saturated rings. The van der Waals surface area contributed by atoms with Gasteiger partial charge in [0.2, 0.25) is 0 Å². The number of alkyl carbamates (subject to hydrolysis) is 1. The van der Waals surface area contributed by atoms with Crippen molar-refractivity contribution in [2.75, 3.05) is 20.1 Å². The highest BCUT2D eigenvalue weighted by Gasteiger charge is 2.28. The molecule has 3 atom stereocenters. The second-order valence-corrected chi connectivity index (χ2v) is 9.86. The summed E-state index contributed by atoms with van der Waals surface area (Å²) in [7, 11) is 1.66. The van der Waals surface area contributed by atoms with Crippen LogP contribution in [0, 0.1) is 0 Å². The van der Waals surface area contributed by atoms with Gasteiger partial charge >= 0.3 is 12.2 Å². The number of Topliss-reactive ketones (excluding diaryl/α,β-unsaturated/α-hetero) is 1. The second-order valence-electron chi connectivity index (χ2n) is 9.86. The Kier molecular flexibility index (Phi) is 10.9. The second kappa shape index (κ2) is 13.6. The Morgan fingerprint density at radius 2 is 1.44 bits per heavy atom. The van der Waals surface area contributed by atoms with Gasteiger partial charge in [-0.2, -0.15) is 0 Å². The Morgan fingerprint density at radius 1 is 0.917 bits per heavy atom. The molecule has 196 valence electrons. The fraction of sp³-hybridized carbons (Fsp3) is 0.444. The number of nitrogens with zero attached hydrogens (tertiary/aromatic N) is 1. The van der Waals surface area contributed by atoms with Crippen molar-refractivity contribution in [1.29, 1.82) is 0 Å². The maximum absolute atomic E-state index is 12.9. The van der Waals surface area contributed by atoms with Crippen LogP contribution in [0.4, 0.5) is 9.59 Å².